The summed E-state index contributed by atoms with van der Waals surface area (Å²) in [7, 11) is -1.07. The Morgan fingerprint density at radius 2 is 1.69 bits per heavy atom. The third kappa shape index (κ3) is 4.25. The Morgan fingerprint density at radius 1 is 1.03 bits per heavy atom. The number of para-hydroxylation sites is 1. The Labute approximate surface area is 188 Å². The molecule has 2 aromatic carbocycles. The van der Waals surface area contributed by atoms with Crippen molar-refractivity contribution < 1.29 is 27.4 Å². The number of hydrogen-bond donors (Lipinski definition) is 1. The van der Waals surface area contributed by atoms with Crippen LogP contribution in [0.4, 0.5) is 5.69 Å². The number of ether oxygens (including phenoxy) is 3. The average molecular weight is 461 g/mol. The van der Waals surface area contributed by atoms with Crippen LogP contribution in [0.5, 0.6) is 17.2 Å². The maximum Gasteiger partial charge on any atom is 0.270 e. The summed E-state index contributed by atoms with van der Waals surface area (Å²) in [6.45, 7) is 5.78. The molecule has 1 aliphatic heterocycles. The molecule has 9 heteroatoms. The number of sulfonamides is 1. The summed E-state index contributed by atoms with van der Waals surface area (Å²) in [6.07, 6.45) is 0. The van der Waals surface area contributed by atoms with Gasteiger partial charge in [-0.15, -0.1) is 0 Å². The van der Waals surface area contributed by atoms with Crippen molar-refractivity contribution >= 4 is 27.2 Å². The standard InChI is InChI=1S/C23H28N2O6S/c1-6-25-18-14-21(30-5)20(29-4)13-17(18)16(3)22(32(25,27)28)23(26)24-11-12-31-19-10-8-7-9-15(19)2/h7-10,13-14H,6,11-12H2,1-5H3,(H,24,26). The number of carbonyl (C=O) groups is 1. The Morgan fingerprint density at radius 3 is 2.31 bits per heavy atom. The van der Waals surface area contributed by atoms with Crippen LogP contribution in [0.15, 0.2) is 41.3 Å². The number of fused-ring (bicyclic) bond motifs is 1. The fourth-order valence-electron chi connectivity index (χ4n) is 3.68. The van der Waals surface area contributed by atoms with Gasteiger partial charge >= 0.3 is 0 Å². The van der Waals surface area contributed by atoms with Crippen LogP contribution in [0.2, 0.25) is 0 Å². The monoisotopic (exact) mass is 460 g/mol. The van der Waals surface area contributed by atoms with Crippen LogP contribution >= 0.6 is 0 Å². The van der Waals surface area contributed by atoms with Crippen molar-refractivity contribution in [3.63, 3.8) is 0 Å². The maximum atomic E-state index is 13.3. The highest BCUT2D eigenvalue weighted by atomic mass is 32.2. The zero-order chi connectivity index (χ0) is 23.5. The number of nitrogens with one attached hydrogen (secondary N) is 1. The fraction of sp³-hybridized carbons (Fsp3) is 0.348. The molecule has 1 N–H and O–H groups in total. The Hall–Kier alpha value is -3.20. The topological polar surface area (TPSA) is 94.2 Å². The number of aryl methyl sites for hydroxylation is 1. The van der Waals surface area contributed by atoms with Crippen LogP contribution in [0.3, 0.4) is 0 Å². The lowest BCUT2D eigenvalue weighted by atomic mass is 10.0. The van der Waals surface area contributed by atoms with Gasteiger partial charge in [-0.05, 0) is 44.0 Å². The van der Waals surface area contributed by atoms with Gasteiger partial charge in [-0.1, -0.05) is 18.2 Å². The first-order valence-electron chi connectivity index (χ1n) is 10.2. The second kappa shape index (κ2) is 9.52. The summed E-state index contributed by atoms with van der Waals surface area (Å²) in [4.78, 5) is 12.7. The fourth-order valence-corrected chi connectivity index (χ4v) is 5.46. The van der Waals surface area contributed by atoms with E-state index in [0.29, 0.717) is 28.3 Å². The molecular weight excluding hydrogens is 432 g/mol. The van der Waals surface area contributed by atoms with Gasteiger partial charge in [0.2, 0.25) is 0 Å². The van der Waals surface area contributed by atoms with Crippen LogP contribution in [0, 0.1) is 6.92 Å². The van der Waals surface area contributed by atoms with Crippen LogP contribution in [0.25, 0.3) is 5.57 Å². The molecule has 3 rings (SSSR count). The summed E-state index contributed by atoms with van der Waals surface area (Å²) >= 11 is 0. The summed E-state index contributed by atoms with van der Waals surface area (Å²) < 4.78 is 44.2. The predicted molar refractivity (Wildman–Crippen MR) is 124 cm³/mol. The van der Waals surface area contributed by atoms with Gasteiger partial charge in [-0.25, -0.2) is 8.42 Å². The van der Waals surface area contributed by atoms with Gasteiger partial charge in [0.05, 0.1) is 26.5 Å². The number of carbonyl (C=O) groups excluding carboxylic acids is 1. The molecule has 0 aliphatic carbocycles. The van der Waals surface area contributed by atoms with Crippen molar-refractivity contribution in [2.24, 2.45) is 0 Å². The number of allylic oxidation sites excluding steroid dienone is 1. The van der Waals surface area contributed by atoms with Gasteiger partial charge in [0.1, 0.15) is 12.4 Å². The molecule has 0 unspecified atom stereocenters. The number of methoxy groups -OCH3 is 2. The molecule has 1 aliphatic rings. The van der Waals surface area contributed by atoms with E-state index in [-0.39, 0.29) is 24.6 Å². The zero-order valence-electron chi connectivity index (χ0n) is 18.9. The lowest BCUT2D eigenvalue weighted by molar-refractivity contribution is -0.116. The Balaban J connectivity index is 1.89. The average Bonchev–Trinajstić information content (AvgIpc) is 2.76. The molecule has 0 aromatic heterocycles. The van der Waals surface area contributed by atoms with Gasteiger partial charge in [-0.3, -0.25) is 9.10 Å². The largest absolute Gasteiger partial charge is 0.493 e. The molecule has 2 aromatic rings. The number of hydrogen-bond acceptors (Lipinski definition) is 6. The molecule has 8 nitrogen and oxygen atoms in total. The van der Waals surface area contributed by atoms with Gasteiger partial charge in [-0.2, -0.15) is 0 Å². The van der Waals surface area contributed by atoms with E-state index in [1.807, 2.05) is 31.2 Å². The molecular formula is C23H28N2O6S. The number of benzene rings is 2. The second-order valence-electron chi connectivity index (χ2n) is 7.22. The lowest BCUT2D eigenvalue weighted by Crippen LogP contribution is -2.41. The van der Waals surface area contributed by atoms with Crippen LogP contribution in [-0.2, 0) is 14.8 Å². The Bertz CT molecular complexity index is 1160. The first kappa shape index (κ1) is 23.5. The van der Waals surface area contributed by atoms with Gasteiger partial charge in [0.15, 0.2) is 16.4 Å². The molecule has 0 bridgehead atoms. The van der Waals surface area contributed by atoms with E-state index < -0.39 is 15.9 Å². The SMILES string of the molecule is CCN1c2cc(OC)c(OC)cc2C(C)=C(C(=O)NCCOc2ccccc2C)S1(=O)=O. The summed E-state index contributed by atoms with van der Waals surface area (Å²) in [5, 5.41) is 2.67. The highest BCUT2D eigenvalue weighted by Gasteiger charge is 2.39. The normalized spacial score (nSPS) is 14.6. The van der Waals surface area contributed by atoms with Crippen LogP contribution < -0.4 is 23.8 Å². The van der Waals surface area contributed by atoms with E-state index in [0.717, 1.165) is 11.3 Å². The molecule has 0 radical (unpaired) electrons. The van der Waals surface area contributed by atoms with Crippen LogP contribution in [-0.4, -0.2) is 48.2 Å². The molecule has 0 saturated carbocycles. The minimum Gasteiger partial charge on any atom is -0.493 e. The highest BCUT2D eigenvalue weighted by molar-refractivity contribution is 7.97. The van der Waals surface area contributed by atoms with Crippen molar-refractivity contribution in [2.45, 2.75) is 20.8 Å². The molecule has 0 fully saturated rings. The van der Waals surface area contributed by atoms with Crippen LogP contribution in [0.1, 0.15) is 25.0 Å². The molecule has 0 spiro atoms. The zero-order valence-corrected chi connectivity index (χ0v) is 19.7. The molecule has 1 amide bonds. The minimum atomic E-state index is -4.05. The van der Waals surface area contributed by atoms with Gasteiger partial charge < -0.3 is 19.5 Å². The molecule has 32 heavy (non-hydrogen) atoms. The first-order chi connectivity index (χ1) is 15.3. The van der Waals surface area contributed by atoms with E-state index in [1.54, 1.807) is 26.0 Å². The quantitative estimate of drug-likeness (QED) is 0.609. The van der Waals surface area contributed by atoms with E-state index in [4.69, 9.17) is 14.2 Å². The number of rotatable bonds is 8. The third-order valence-electron chi connectivity index (χ3n) is 5.30. The predicted octanol–water partition coefficient (Wildman–Crippen LogP) is 3.11. The number of nitrogens with zero attached hydrogens (tertiary/aromatic N) is 1. The number of anilines is 1. The summed E-state index contributed by atoms with van der Waals surface area (Å²) in [5.41, 5.74) is 2.37. The third-order valence-corrected chi connectivity index (χ3v) is 7.34. The smallest absolute Gasteiger partial charge is 0.270 e. The van der Waals surface area contributed by atoms with Crippen molar-refractivity contribution in [2.75, 3.05) is 38.2 Å². The van der Waals surface area contributed by atoms with Gasteiger partial charge in [0.25, 0.3) is 15.9 Å². The van der Waals surface area contributed by atoms with E-state index in [2.05, 4.69) is 5.32 Å². The first-order valence-corrected chi connectivity index (χ1v) is 11.7. The van der Waals surface area contributed by atoms with E-state index in [9.17, 15) is 13.2 Å². The van der Waals surface area contributed by atoms with Crippen molar-refractivity contribution in [3.8, 4) is 17.2 Å². The molecule has 1 heterocycles. The Kier molecular flexibility index (Phi) is 6.98. The highest BCUT2D eigenvalue weighted by Crippen LogP contribution is 2.44. The maximum absolute atomic E-state index is 13.3. The second-order valence-corrected chi connectivity index (χ2v) is 9.02. The molecule has 0 atom stereocenters. The van der Waals surface area contributed by atoms with Crippen molar-refractivity contribution in [1.82, 2.24) is 5.32 Å². The number of amides is 1. The minimum absolute atomic E-state index is 0.157. The summed E-state index contributed by atoms with van der Waals surface area (Å²) in [6, 6.07) is 10.8. The van der Waals surface area contributed by atoms with Crippen molar-refractivity contribution in [1.29, 1.82) is 0 Å². The van der Waals surface area contributed by atoms with E-state index >= 15 is 0 Å². The molecule has 172 valence electrons. The van der Waals surface area contributed by atoms with Gasteiger partial charge in [0, 0.05) is 18.2 Å². The van der Waals surface area contributed by atoms with Crippen molar-refractivity contribution in [3.05, 3.63) is 52.4 Å². The lowest BCUT2D eigenvalue weighted by Gasteiger charge is -2.32. The summed E-state index contributed by atoms with van der Waals surface area (Å²) in [5.74, 6) is 0.908. The molecule has 0 saturated heterocycles. The van der Waals surface area contributed by atoms with E-state index in [1.165, 1.54) is 18.5 Å².